The first-order chi connectivity index (χ1) is 8.13. The lowest BCUT2D eigenvalue weighted by atomic mass is 10.2. The molecule has 1 heterocycles. The molecule has 0 aliphatic carbocycles. The van der Waals surface area contributed by atoms with E-state index in [9.17, 15) is 4.79 Å². The Morgan fingerprint density at radius 2 is 1.88 bits per heavy atom. The fourth-order valence-corrected chi connectivity index (χ4v) is 1.89. The predicted molar refractivity (Wildman–Crippen MR) is 67.0 cm³/mol. The molecule has 0 aromatic carbocycles. The van der Waals surface area contributed by atoms with E-state index in [0.717, 1.165) is 25.9 Å². The van der Waals surface area contributed by atoms with E-state index in [1.807, 2.05) is 19.9 Å². The van der Waals surface area contributed by atoms with Crippen molar-refractivity contribution in [1.82, 2.24) is 10.2 Å². The molecule has 94 valence electrons. The smallest absolute Gasteiger partial charge is 0.263 e. The second kappa shape index (κ2) is 6.95. The van der Waals surface area contributed by atoms with Crippen molar-refractivity contribution in [2.75, 3.05) is 13.1 Å². The molecule has 0 bridgehead atoms. The number of nitriles is 1. The number of carbonyl (C=O) groups is 1. The van der Waals surface area contributed by atoms with Crippen LogP contribution in [0.5, 0.6) is 0 Å². The fourth-order valence-electron chi connectivity index (χ4n) is 1.89. The van der Waals surface area contributed by atoms with Crippen molar-refractivity contribution < 1.29 is 4.79 Å². The van der Waals surface area contributed by atoms with Crippen LogP contribution in [-0.4, -0.2) is 29.9 Å². The summed E-state index contributed by atoms with van der Waals surface area (Å²) in [7, 11) is 0. The van der Waals surface area contributed by atoms with Crippen LogP contribution in [-0.2, 0) is 4.79 Å². The van der Waals surface area contributed by atoms with E-state index in [0.29, 0.717) is 0 Å². The molecule has 1 aliphatic heterocycles. The van der Waals surface area contributed by atoms with Gasteiger partial charge in [-0.1, -0.05) is 12.8 Å². The number of nitrogens with zero attached hydrogens (tertiary/aromatic N) is 2. The topological polar surface area (TPSA) is 56.1 Å². The summed E-state index contributed by atoms with van der Waals surface area (Å²) in [6.07, 6.45) is 6.47. The minimum Gasteiger partial charge on any atom is -0.376 e. The molecule has 17 heavy (non-hydrogen) atoms. The van der Waals surface area contributed by atoms with Crippen molar-refractivity contribution >= 4 is 5.91 Å². The Kier molecular flexibility index (Phi) is 5.55. The highest BCUT2D eigenvalue weighted by Crippen LogP contribution is 2.11. The Balaban J connectivity index is 2.64. The third-order valence-electron chi connectivity index (χ3n) is 2.74. The predicted octanol–water partition coefficient (Wildman–Crippen LogP) is 1.79. The lowest BCUT2D eigenvalue weighted by Gasteiger charge is -2.18. The van der Waals surface area contributed by atoms with Gasteiger partial charge in [-0.05, 0) is 26.7 Å². The minimum absolute atomic E-state index is 0.0587. The first-order valence-electron chi connectivity index (χ1n) is 6.30. The second-order valence-electron chi connectivity index (χ2n) is 4.73. The molecule has 4 heteroatoms. The maximum atomic E-state index is 11.7. The Morgan fingerprint density at radius 3 is 2.35 bits per heavy atom. The van der Waals surface area contributed by atoms with E-state index >= 15 is 0 Å². The van der Waals surface area contributed by atoms with Crippen molar-refractivity contribution in [1.29, 1.82) is 5.26 Å². The maximum absolute atomic E-state index is 11.7. The van der Waals surface area contributed by atoms with E-state index in [2.05, 4.69) is 10.2 Å². The van der Waals surface area contributed by atoms with Crippen LogP contribution in [0.4, 0.5) is 0 Å². The number of likely N-dealkylation sites (tertiary alicyclic amines) is 1. The monoisotopic (exact) mass is 235 g/mol. The summed E-state index contributed by atoms with van der Waals surface area (Å²) in [4.78, 5) is 13.8. The summed E-state index contributed by atoms with van der Waals surface area (Å²) in [5.74, 6) is -0.272. The normalized spacial score (nSPS) is 17.5. The molecule has 1 aliphatic rings. The second-order valence-corrected chi connectivity index (χ2v) is 4.73. The van der Waals surface area contributed by atoms with Crippen LogP contribution in [0.1, 0.15) is 39.5 Å². The maximum Gasteiger partial charge on any atom is 0.263 e. The van der Waals surface area contributed by atoms with Crippen molar-refractivity contribution in [2.24, 2.45) is 0 Å². The van der Waals surface area contributed by atoms with E-state index < -0.39 is 0 Å². The van der Waals surface area contributed by atoms with Gasteiger partial charge >= 0.3 is 0 Å². The van der Waals surface area contributed by atoms with Crippen LogP contribution in [0.2, 0.25) is 0 Å². The molecule has 1 N–H and O–H groups in total. The van der Waals surface area contributed by atoms with Gasteiger partial charge in [0.15, 0.2) is 0 Å². The summed E-state index contributed by atoms with van der Waals surface area (Å²) in [5, 5.41) is 11.7. The van der Waals surface area contributed by atoms with Crippen LogP contribution >= 0.6 is 0 Å². The Morgan fingerprint density at radius 1 is 1.29 bits per heavy atom. The molecular weight excluding hydrogens is 214 g/mol. The first kappa shape index (κ1) is 13.6. The van der Waals surface area contributed by atoms with Gasteiger partial charge < -0.3 is 10.2 Å². The van der Waals surface area contributed by atoms with Gasteiger partial charge in [-0.3, -0.25) is 4.79 Å². The molecule has 0 unspecified atom stereocenters. The molecule has 0 aromatic rings. The molecule has 1 fully saturated rings. The third kappa shape index (κ3) is 4.90. The molecule has 0 radical (unpaired) electrons. The highest BCUT2D eigenvalue weighted by atomic mass is 16.1. The van der Waals surface area contributed by atoms with E-state index in [1.54, 1.807) is 6.20 Å². The molecule has 0 spiro atoms. The molecule has 0 saturated carbocycles. The standard InChI is InChI=1S/C13H21N3O/c1-11(2)15-13(17)12(9-14)10-16-7-5-3-4-6-8-16/h10-11H,3-8H2,1-2H3,(H,15,17)/b12-10-. The van der Waals surface area contributed by atoms with Crippen molar-refractivity contribution in [3.63, 3.8) is 0 Å². The van der Waals surface area contributed by atoms with Gasteiger partial charge in [0.1, 0.15) is 11.6 Å². The van der Waals surface area contributed by atoms with Crippen LogP contribution in [0, 0.1) is 11.3 Å². The third-order valence-corrected chi connectivity index (χ3v) is 2.74. The van der Waals surface area contributed by atoms with Gasteiger partial charge in [0, 0.05) is 25.3 Å². The quantitative estimate of drug-likeness (QED) is 0.599. The highest BCUT2D eigenvalue weighted by Gasteiger charge is 2.13. The van der Waals surface area contributed by atoms with Crippen LogP contribution in [0.15, 0.2) is 11.8 Å². The zero-order valence-electron chi connectivity index (χ0n) is 10.7. The van der Waals surface area contributed by atoms with Crippen LogP contribution in [0.25, 0.3) is 0 Å². The number of rotatable bonds is 3. The molecule has 1 rings (SSSR count). The molecule has 0 aromatic heterocycles. The zero-order valence-corrected chi connectivity index (χ0v) is 10.7. The number of hydrogen-bond acceptors (Lipinski definition) is 3. The molecular formula is C13H21N3O. The van der Waals surface area contributed by atoms with Crippen molar-refractivity contribution in [3.8, 4) is 6.07 Å². The fraction of sp³-hybridized carbons (Fsp3) is 0.692. The largest absolute Gasteiger partial charge is 0.376 e. The molecule has 4 nitrogen and oxygen atoms in total. The average molecular weight is 235 g/mol. The Hall–Kier alpha value is -1.50. The highest BCUT2D eigenvalue weighted by molar-refractivity contribution is 5.97. The summed E-state index contributed by atoms with van der Waals surface area (Å²) in [5.41, 5.74) is 0.209. The van der Waals surface area contributed by atoms with Crippen LogP contribution in [0.3, 0.4) is 0 Å². The van der Waals surface area contributed by atoms with E-state index in [1.165, 1.54) is 12.8 Å². The molecule has 1 amide bonds. The summed E-state index contributed by atoms with van der Waals surface area (Å²) in [6, 6.07) is 2.04. The van der Waals surface area contributed by atoms with Gasteiger partial charge in [0.05, 0.1) is 0 Å². The lowest BCUT2D eigenvalue weighted by Crippen LogP contribution is -2.32. The average Bonchev–Trinajstić information content (AvgIpc) is 2.53. The zero-order chi connectivity index (χ0) is 12.7. The number of nitrogens with one attached hydrogen (secondary N) is 1. The van der Waals surface area contributed by atoms with Crippen LogP contribution < -0.4 is 5.32 Å². The molecule has 1 saturated heterocycles. The van der Waals surface area contributed by atoms with Crippen molar-refractivity contribution in [3.05, 3.63) is 11.8 Å². The number of carbonyl (C=O) groups excluding carboxylic acids is 1. The van der Waals surface area contributed by atoms with E-state index in [4.69, 9.17) is 5.26 Å². The Labute approximate surface area is 103 Å². The van der Waals surface area contributed by atoms with Crippen molar-refractivity contribution in [2.45, 2.75) is 45.6 Å². The van der Waals surface area contributed by atoms with Gasteiger partial charge in [-0.25, -0.2) is 0 Å². The SMILES string of the molecule is CC(C)NC(=O)/C(C#N)=C\N1CCCCCC1. The van der Waals surface area contributed by atoms with E-state index in [-0.39, 0.29) is 17.5 Å². The van der Waals surface area contributed by atoms with Gasteiger partial charge in [0.2, 0.25) is 0 Å². The molecule has 0 atom stereocenters. The summed E-state index contributed by atoms with van der Waals surface area (Å²) < 4.78 is 0. The number of hydrogen-bond donors (Lipinski definition) is 1. The van der Waals surface area contributed by atoms with Gasteiger partial charge in [-0.15, -0.1) is 0 Å². The lowest BCUT2D eigenvalue weighted by molar-refractivity contribution is -0.117. The summed E-state index contributed by atoms with van der Waals surface area (Å²) >= 11 is 0. The Bertz CT molecular complexity index is 320. The van der Waals surface area contributed by atoms with Gasteiger partial charge in [0.25, 0.3) is 5.91 Å². The minimum atomic E-state index is -0.272. The van der Waals surface area contributed by atoms with Gasteiger partial charge in [-0.2, -0.15) is 5.26 Å². The first-order valence-corrected chi connectivity index (χ1v) is 6.30. The summed E-state index contributed by atoms with van der Waals surface area (Å²) in [6.45, 7) is 5.66. The number of amides is 1.